The zero-order chi connectivity index (χ0) is 17.4. The largest absolute Gasteiger partial charge is 0.505 e. The molecule has 2 aromatic carbocycles. The van der Waals surface area contributed by atoms with E-state index in [0.29, 0.717) is 17.8 Å². The second-order valence-electron chi connectivity index (χ2n) is 7.06. The molecule has 1 aliphatic rings. The molecule has 1 fully saturated rings. The molecule has 1 N–H and O–H groups in total. The van der Waals surface area contributed by atoms with Crippen molar-refractivity contribution in [3.63, 3.8) is 0 Å². The summed E-state index contributed by atoms with van der Waals surface area (Å²) < 4.78 is 17.8. The first kappa shape index (κ1) is 16.9. The van der Waals surface area contributed by atoms with Gasteiger partial charge in [0.2, 0.25) is 0 Å². The zero-order valence-corrected chi connectivity index (χ0v) is 14.6. The third-order valence-corrected chi connectivity index (χ3v) is 4.77. The second-order valence-corrected chi connectivity index (χ2v) is 7.06. The van der Waals surface area contributed by atoms with Gasteiger partial charge < -0.3 is 19.2 Å². The third-order valence-electron chi connectivity index (χ3n) is 4.77. The maximum Gasteiger partial charge on any atom is 0.498 e. The van der Waals surface area contributed by atoms with Crippen molar-refractivity contribution in [1.29, 1.82) is 0 Å². The van der Waals surface area contributed by atoms with E-state index in [-0.39, 0.29) is 5.75 Å². The molecule has 1 heterocycles. The summed E-state index contributed by atoms with van der Waals surface area (Å²) in [6, 6.07) is 15.2. The molecule has 3 rings (SSSR count). The van der Waals surface area contributed by atoms with Crippen LogP contribution in [-0.2, 0) is 15.9 Å². The first-order valence-corrected chi connectivity index (χ1v) is 8.14. The van der Waals surface area contributed by atoms with Crippen molar-refractivity contribution < 1.29 is 19.2 Å². The molecule has 0 aliphatic carbocycles. The van der Waals surface area contributed by atoms with Crippen molar-refractivity contribution in [2.75, 3.05) is 0 Å². The minimum Gasteiger partial charge on any atom is -0.505 e. The molecule has 4 nitrogen and oxygen atoms in total. The highest BCUT2D eigenvalue weighted by molar-refractivity contribution is 6.63. The maximum absolute atomic E-state index is 10.6. The molecule has 0 amide bonds. The summed E-state index contributed by atoms with van der Waals surface area (Å²) in [5.41, 5.74) is 0.716. The van der Waals surface area contributed by atoms with Crippen LogP contribution in [0.3, 0.4) is 0 Å². The summed E-state index contributed by atoms with van der Waals surface area (Å²) in [4.78, 5) is 0. The minimum absolute atomic E-state index is 0.0620. The number of benzene rings is 2. The fourth-order valence-electron chi connectivity index (χ4n) is 2.55. The van der Waals surface area contributed by atoms with E-state index in [1.807, 2.05) is 64.1 Å². The van der Waals surface area contributed by atoms with Crippen molar-refractivity contribution in [3.05, 3.63) is 54.1 Å². The topological polar surface area (TPSA) is 47.9 Å². The molecule has 0 radical (unpaired) electrons. The van der Waals surface area contributed by atoms with Crippen molar-refractivity contribution in [1.82, 2.24) is 0 Å². The second kappa shape index (κ2) is 6.15. The van der Waals surface area contributed by atoms with Gasteiger partial charge in [-0.3, -0.25) is 0 Å². The molecule has 1 aliphatic heterocycles. The van der Waals surface area contributed by atoms with E-state index < -0.39 is 18.3 Å². The number of phenols is 1. The Hall–Kier alpha value is -1.98. The van der Waals surface area contributed by atoms with Crippen LogP contribution in [0, 0.1) is 0 Å². The Balaban J connectivity index is 1.79. The summed E-state index contributed by atoms with van der Waals surface area (Å²) in [5, 5.41) is 10.6. The van der Waals surface area contributed by atoms with Gasteiger partial charge in [0.1, 0.15) is 6.61 Å². The fraction of sp³-hybridized carbons (Fsp3) is 0.368. The number of rotatable bonds is 4. The third kappa shape index (κ3) is 3.14. The summed E-state index contributed by atoms with van der Waals surface area (Å²) in [6.07, 6.45) is 0. The van der Waals surface area contributed by atoms with E-state index in [0.717, 1.165) is 5.56 Å². The van der Waals surface area contributed by atoms with Gasteiger partial charge in [0.05, 0.1) is 11.2 Å². The Kier molecular flexibility index (Phi) is 4.32. The first-order chi connectivity index (χ1) is 11.3. The Morgan fingerprint density at radius 1 is 0.917 bits per heavy atom. The van der Waals surface area contributed by atoms with Crippen LogP contribution < -0.4 is 10.2 Å². The van der Waals surface area contributed by atoms with Crippen molar-refractivity contribution in [2.24, 2.45) is 0 Å². The number of para-hydroxylation sites is 1. The molecule has 0 spiro atoms. The average molecular weight is 326 g/mol. The Morgan fingerprint density at radius 3 is 2.17 bits per heavy atom. The van der Waals surface area contributed by atoms with Crippen LogP contribution >= 0.6 is 0 Å². The SMILES string of the molecule is CC1(C)OB(c2cccc(OCc3ccccc3)c2O)OC1(C)C. The van der Waals surface area contributed by atoms with Crippen LogP contribution in [0.25, 0.3) is 0 Å². The standard InChI is InChI=1S/C19H23BO4/c1-18(2)19(3,4)24-20(23-18)15-11-8-12-16(17(15)21)22-13-14-9-6-5-7-10-14/h5-12,21H,13H2,1-4H3. The van der Waals surface area contributed by atoms with Gasteiger partial charge in [0.15, 0.2) is 11.5 Å². The van der Waals surface area contributed by atoms with Gasteiger partial charge in [-0.1, -0.05) is 42.5 Å². The smallest absolute Gasteiger partial charge is 0.498 e. The maximum atomic E-state index is 10.6. The number of phenolic OH excluding ortho intramolecular Hbond substituents is 1. The molecular formula is C19H23BO4. The summed E-state index contributed by atoms with van der Waals surface area (Å²) in [5.74, 6) is 0.484. The predicted molar refractivity (Wildman–Crippen MR) is 94.6 cm³/mol. The van der Waals surface area contributed by atoms with E-state index in [2.05, 4.69) is 0 Å². The lowest BCUT2D eigenvalue weighted by molar-refractivity contribution is 0.00578. The molecule has 0 atom stereocenters. The van der Waals surface area contributed by atoms with Gasteiger partial charge in [-0.2, -0.15) is 0 Å². The van der Waals surface area contributed by atoms with Crippen LogP contribution in [-0.4, -0.2) is 23.4 Å². The Labute approximate surface area is 143 Å². The monoisotopic (exact) mass is 326 g/mol. The Bertz CT molecular complexity index is 697. The summed E-state index contributed by atoms with van der Waals surface area (Å²) >= 11 is 0. The van der Waals surface area contributed by atoms with E-state index in [1.165, 1.54) is 0 Å². The lowest BCUT2D eigenvalue weighted by atomic mass is 9.78. The molecule has 0 unspecified atom stereocenters. The van der Waals surface area contributed by atoms with Crippen LogP contribution in [0.2, 0.25) is 0 Å². The van der Waals surface area contributed by atoms with Crippen LogP contribution in [0.4, 0.5) is 0 Å². The normalized spacial score (nSPS) is 18.6. The molecule has 5 heteroatoms. The molecule has 126 valence electrons. The molecule has 0 aromatic heterocycles. The van der Waals surface area contributed by atoms with Crippen molar-refractivity contribution in [3.8, 4) is 11.5 Å². The van der Waals surface area contributed by atoms with Gasteiger partial charge in [0.25, 0.3) is 0 Å². The molecule has 24 heavy (non-hydrogen) atoms. The van der Waals surface area contributed by atoms with E-state index in [4.69, 9.17) is 14.0 Å². The molecule has 0 bridgehead atoms. The summed E-state index contributed by atoms with van der Waals surface area (Å²) in [7, 11) is -0.615. The van der Waals surface area contributed by atoms with Gasteiger partial charge in [0, 0.05) is 5.46 Å². The van der Waals surface area contributed by atoms with E-state index in [9.17, 15) is 5.11 Å². The van der Waals surface area contributed by atoms with Gasteiger partial charge in [-0.15, -0.1) is 0 Å². The van der Waals surface area contributed by atoms with Crippen molar-refractivity contribution in [2.45, 2.75) is 45.5 Å². The quantitative estimate of drug-likeness (QED) is 0.876. The predicted octanol–water partition coefficient (Wildman–Crippen LogP) is 3.27. The minimum atomic E-state index is -0.615. The summed E-state index contributed by atoms with van der Waals surface area (Å²) in [6.45, 7) is 8.33. The molecule has 0 saturated carbocycles. The van der Waals surface area contributed by atoms with Gasteiger partial charge in [-0.05, 0) is 39.3 Å². The zero-order valence-electron chi connectivity index (χ0n) is 14.6. The van der Waals surface area contributed by atoms with Crippen LogP contribution in [0.5, 0.6) is 11.5 Å². The molecule has 1 saturated heterocycles. The van der Waals surface area contributed by atoms with Gasteiger partial charge >= 0.3 is 7.12 Å². The van der Waals surface area contributed by atoms with E-state index >= 15 is 0 Å². The van der Waals surface area contributed by atoms with Gasteiger partial charge in [-0.25, -0.2) is 0 Å². The molecule has 2 aromatic rings. The number of hydrogen-bond donors (Lipinski definition) is 1. The first-order valence-electron chi connectivity index (χ1n) is 8.14. The van der Waals surface area contributed by atoms with Crippen molar-refractivity contribution >= 4 is 12.6 Å². The number of ether oxygens (including phenoxy) is 1. The highest BCUT2D eigenvalue weighted by Crippen LogP contribution is 2.38. The fourth-order valence-corrected chi connectivity index (χ4v) is 2.55. The Morgan fingerprint density at radius 2 is 1.54 bits per heavy atom. The lowest BCUT2D eigenvalue weighted by Crippen LogP contribution is -2.41. The van der Waals surface area contributed by atoms with E-state index in [1.54, 1.807) is 12.1 Å². The number of aromatic hydroxyl groups is 1. The van der Waals surface area contributed by atoms with Crippen LogP contribution in [0.15, 0.2) is 48.5 Å². The molecular weight excluding hydrogens is 303 g/mol. The number of hydrogen-bond acceptors (Lipinski definition) is 4. The van der Waals surface area contributed by atoms with Crippen LogP contribution in [0.1, 0.15) is 33.3 Å². The highest BCUT2D eigenvalue weighted by atomic mass is 16.7. The highest BCUT2D eigenvalue weighted by Gasteiger charge is 2.52. The lowest BCUT2D eigenvalue weighted by Gasteiger charge is -2.32. The average Bonchev–Trinajstić information content (AvgIpc) is 2.75.